The molecule has 0 aromatic carbocycles. The van der Waals surface area contributed by atoms with E-state index in [1.54, 1.807) is 6.92 Å². The Labute approximate surface area is 74.7 Å². The fourth-order valence-electron chi connectivity index (χ4n) is 0.478. The molecular weight excluding hydrogens is 152 g/mol. The van der Waals surface area contributed by atoms with Crippen LogP contribution in [0.15, 0.2) is 12.2 Å². The predicted molar refractivity (Wildman–Crippen MR) is 51.1 cm³/mol. The summed E-state index contributed by atoms with van der Waals surface area (Å²) in [6, 6.07) is 0. The number of hydrogen-bond donors (Lipinski definition) is 0. The van der Waals surface area contributed by atoms with Gasteiger partial charge in [-0.15, -0.1) is 0 Å². The molecule has 0 atom stereocenters. The van der Waals surface area contributed by atoms with E-state index in [0.29, 0.717) is 5.57 Å². The number of unbranched alkanes of at least 4 members (excludes halogenated alkanes) is 3. The molecule has 0 fully saturated rings. The predicted octanol–water partition coefficient (Wildman–Crippen LogP) is 2.53. The van der Waals surface area contributed by atoms with Crippen molar-refractivity contribution in [1.82, 2.24) is 0 Å². The Kier molecular flexibility index (Phi) is 14.5. The van der Waals surface area contributed by atoms with E-state index in [1.165, 1.54) is 12.8 Å². The fraction of sp³-hybridized carbons (Fsp3) is 0.600. The van der Waals surface area contributed by atoms with Crippen molar-refractivity contribution >= 4 is 12.6 Å². The van der Waals surface area contributed by atoms with E-state index >= 15 is 0 Å². The SMILES string of the molecule is C=C(C)C=O.CCCCCC=O. The number of carbonyl (C=O) groups excluding carboxylic acids is 2. The van der Waals surface area contributed by atoms with E-state index in [9.17, 15) is 9.59 Å². The van der Waals surface area contributed by atoms with Gasteiger partial charge in [0.1, 0.15) is 12.6 Å². The van der Waals surface area contributed by atoms with Crippen LogP contribution in [0.25, 0.3) is 0 Å². The first-order valence-electron chi connectivity index (χ1n) is 4.23. The number of aldehydes is 2. The molecule has 0 aromatic heterocycles. The Morgan fingerprint density at radius 2 is 1.83 bits per heavy atom. The summed E-state index contributed by atoms with van der Waals surface area (Å²) in [7, 11) is 0. The molecular formula is C10H18O2. The van der Waals surface area contributed by atoms with Crippen LogP contribution in [-0.2, 0) is 9.59 Å². The van der Waals surface area contributed by atoms with Gasteiger partial charge in [-0.2, -0.15) is 0 Å². The van der Waals surface area contributed by atoms with Gasteiger partial charge in [-0.3, -0.25) is 4.79 Å². The molecule has 0 saturated carbocycles. The molecule has 0 rings (SSSR count). The highest BCUT2D eigenvalue weighted by atomic mass is 16.1. The van der Waals surface area contributed by atoms with Crippen LogP contribution >= 0.6 is 0 Å². The smallest absolute Gasteiger partial charge is 0.145 e. The second-order valence-corrected chi connectivity index (χ2v) is 2.63. The molecule has 0 aliphatic carbocycles. The Balaban J connectivity index is 0. The summed E-state index contributed by atoms with van der Waals surface area (Å²) >= 11 is 0. The maximum Gasteiger partial charge on any atom is 0.145 e. The Morgan fingerprint density at radius 1 is 1.33 bits per heavy atom. The van der Waals surface area contributed by atoms with E-state index in [4.69, 9.17) is 0 Å². The molecule has 0 saturated heterocycles. The van der Waals surface area contributed by atoms with Crippen molar-refractivity contribution in [1.29, 1.82) is 0 Å². The first kappa shape index (κ1) is 13.7. The van der Waals surface area contributed by atoms with Gasteiger partial charge in [-0.25, -0.2) is 0 Å². The average Bonchev–Trinajstić information content (AvgIpc) is 2.07. The summed E-state index contributed by atoms with van der Waals surface area (Å²) in [4.78, 5) is 19.1. The van der Waals surface area contributed by atoms with Crippen LogP contribution in [0.2, 0.25) is 0 Å². The Morgan fingerprint density at radius 3 is 2.08 bits per heavy atom. The first-order valence-corrected chi connectivity index (χ1v) is 4.23. The third kappa shape index (κ3) is 23.0. The molecule has 0 amide bonds. The fourth-order valence-corrected chi connectivity index (χ4v) is 0.478. The van der Waals surface area contributed by atoms with Crippen LogP contribution < -0.4 is 0 Å². The van der Waals surface area contributed by atoms with E-state index in [-0.39, 0.29) is 0 Å². The van der Waals surface area contributed by atoms with Crippen molar-refractivity contribution in [3.05, 3.63) is 12.2 Å². The molecule has 0 radical (unpaired) electrons. The zero-order valence-electron chi connectivity index (χ0n) is 8.01. The summed E-state index contributed by atoms with van der Waals surface area (Å²) in [6.45, 7) is 7.10. The third-order valence-corrected chi connectivity index (χ3v) is 1.13. The van der Waals surface area contributed by atoms with Crippen LogP contribution in [0.1, 0.15) is 39.5 Å². The van der Waals surface area contributed by atoms with Gasteiger partial charge in [0.05, 0.1) is 0 Å². The minimum absolute atomic E-state index is 0.574. The molecule has 0 N–H and O–H groups in total. The van der Waals surface area contributed by atoms with Crippen LogP contribution in [0.4, 0.5) is 0 Å². The van der Waals surface area contributed by atoms with Gasteiger partial charge in [0.15, 0.2) is 0 Å². The number of allylic oxidation sites excluding steroid dienone is 1. The minimum atomic E-state index is 0.574. The average molecular weight is 170 g/mol. The van der Waals surface area contributed by atoms with Gasteiger partial charge in [0.2, 0.25) is 0 Å². The van der Waals surface area contributed by atoms with Gasteiger partial charge >= 0.3 is 0 Å². The van der Waals surface area contributed by atoms with Gasteiger partial charge in [-0.1, -0.05) is 26.3 Å². The normalized spacial score (nSPS) is 7.83. The molecule has 12 heavy (non-hydrogen) atoms. The van der Waals surface area contributed by atoms with Crippen LogP contribution in [0.5, 0.6) is 0 Å². The standard InChI is InChI=1S/C6H12O.C4H6O/c1-2-3-4-5-6-7;1-4(2)3-5/h6H,2-5H2,1H3;3H,1H2,2H3. The van der Waals surface area contributed by atoms with E-state index in [1.807, 2.05) is 0 Å². The number of hydrogen-bond acceptors (Lipinski definition) is 2. The summed E-state index contributed by atoms with van der Waals surface area (Å²) < 4.78 is 0. The van der Waals surface area contributed by atoms with Crippen molar-refractivity contribution in [3.63, 3.8) is 0 Å². The minimum Gasteiger partial charge on any atom is -0.303 e. The van der Waals surface area contributed by atoms with Gasteiger partial charge in [0, 0.05) is 6.42 Å². The summed E-state index contributed by atoms with van der Waals surface area (Å²) in [5, 5.41) is 0. The van der Waals surface area contributed by atoms with Crippen LogP contribution in [-0.4, -0.2) is 12.6 Å². The third-order valence-electron chi connectivity index (χ3n) is 1.13. The Hall–Kier alpha value is -0.920. The lowest BCUT2D eigenvalue weighted by molar-refractivity contribution is -0.108. The molecule has 2 nitrogen and oxygen atoms in total. The number of carbonyl (C=O) groups is 2. The molecule has 0 aliphatic rings. The first-order chi connectivity index (χ1) is 5.68. The monoisotopic (exact) mass is 170 g/mol. The zero-order valence-corrected chi connectivity index (χ0v) is 8.01. The molecule has 0 bridgehead atoms. The van der Waals surface area contributed by atoms with Crippen LogP contribution in [0, 0.1) is 0 Å². The molecule has 0 aromatic rings. The lowest BCUT2D eigenvalue weighted by atomic mass is 10.2. The molecule has 0 spiro atoms. The van der Waals surface area contributed by atoms with Crippen molar-refractivity contribution in [2.24, 2.45) is 0 Å². The second-order valence-electron chi connectivity index (χ2n) is 2.63. The zero-order chi connectivity index (χ0) is 9.82. The maximum atomic E-state index is 9.68. The largest absolute Gasteiger partial charge is 0.303 e. The summed E-state index contributed by atoms with van der Waals surface area (Å²) in [5.74, 6) is 0. The number of rotatable bonds is 5. The highest BCUT2D eigenvalue weighted by Gasteiger charge is 1.80. The highest BCUT2D eigenvalue weighted by Crippen LogP contribution is 1.94. The molecule has 0 heterocycles. The van der Waals surface area contributed by atoms with Crippen molar-refractivity contribution in [3.8, 4) is 0 Å². The van der Waals surface area contributed by atoms with Crippen molar-refractivity contribution in [2.45, 2.75) is 39.5 Å². The maximum absolute atomic E-state index is 9.68. The summed E-state index contributed by atoms with van der Waals surface area (Å²) in [6.07, 6.45) is 5.91. The molecule has 70 valence electrons. The lowest BCUT2D eigenvalue weighted by Gasteiger charge is -1.85. The van der Waals surface area contributed by atoms with Gasteiger partial charge < -0.3 is 4.79 Å². The van der Waals surface area contributed by atoms with Crippen molar-refractivity contribution in [2.75, 3.05) is 0 Å². The molecule has 0 aliphatic heterocycles. The van der Waals surface area contributed by atoms with E-state index in [2.05, 4.69) is 13.5 Å². The Bertz CT molecular complexity index is 128. The lowest BCUT2D eigenvalue weighted by Crippen LogP contribution is -1.73. The summed E-state index contributed by atoms with van der Waals surface area (Å²) in [5.41, 5.74) is 0.574. The van der Waals surface area contributed by atoms with E-state index < -0.39 is 0 Å². The van der Waals surface area contributed by atoms with Crippen molar-refractivity contribution < 1.29 is 9.59 Å². The molecule has 0 unspecified atom stereocenters. The van der Waals surface area contributed by atoms with E-state index in [0.717, 1.165) is 25.4 Å². The topological polar surface area (TPSA) is 34.1 Å². The molecule has 2 heteroatoms. The van der Waals surface area contributed by atoms with Gasteiger partial charge in [0.25, 0.3) is 0 Å². The quantitative estimate of drug-likeness (QED) is 0.361. The van der Waals surface area contributed by atoms with Crippen LogP contribution in [0.3, 0.4) is 0 Å². The van der Waals surface area contributed by atoms with Gasteiger partial charge in [-0.05, 0) is 18.9 Å². The second kappa shape index (κ2) is 12.7. The highest BCUT2D eigenvalue weighted by molar-refractivity contribution is 5.70.